The average Bonchev–Trinajstić information content (AvgIpc) is 3.37. The highest BCUT2D eigenvalue weighted by molar-refractivity contribution is 5.81. The summed E-state index contributed by atoms with van der Waals surface area (Å²) in [6.07, 6.45) is 16.1. The lowest BCUT2D eigenvalue weighted by Gasteiger charge is -2.59. The normalized spacial score (nSPS) is 43.4. The molecule has 4 heteroatoms. The molecule has 0 amide bonds. The van der Waals surface area contributed by atoms with Gasteiger partial charge in [0.2, 0.25) is 0 Å². The van der Waals surface area contributed by atoms with E-state index in [2.05, 4.69) is 32.9 Å². The molecule has 1 saturated heterocycles. The van der Waals surface area contributed by atoms with Gasteiger partial charge in [-0.3, -0.25) is 0 Å². The molecule has 0 radical (unpaired) electrons. The molecule has 4 fully saturated rings. The second-order valence-electron chi connectivity index (χ2n) is 11.7. The van der Waals surface area contributed by atoms with Gasteiger partial charge in [0.25, 0.3) is 0 Å². The van der Waals surface area contributed by atoms with Gasteiger partial charge >= 0.3 is 5.97 Å². The van der Waals surface area contributed by atoms with Crippen LogP contribution in [-0.2, 0) is 19.0 Å². The number of hydrogen-bond donors (Lipinski definition) is 0. The number of ether oxygens (including phenoxy) is 3. The van der Waals surface area contributed by atoms with E-state index in [1.54, 1.807) is 11.6 Å². The molecule has 1 aliphatic heterocycles. The van der Waals surface area contributed by atoms with Gasteiger partial charge in [-0.15, -0.1) is 0 Å². The molecule has 6 unspecified atom stereocenters. The Labute approximate surface area is 194 Å². The van der Waals surface area contributed by atoms with E-state index in [1.165, 1.54) is 38.5 Å². The van der Waals surface area contributed by atoms with Crippen LogP contribution in [-0.4, -0.2) is 31.6 Å². The van der Waals surface area contributed by atoms with Gasteiger partial charge in [0.05, 0.1) is 19.8 Å². The Hall–Kier alpha value is -1.13. The highest BCUT2D eigenvalue weighted by Gasteiger charge is 2.60. The number of esters is 1. The Morgan fingerprint density at radius 2 is 1.94 bits per heavy atom. The molecule has 0 aromatic carbocycles. The van der Waals surface area contributed by atoms with Gasteiger partial charge in [0.15, 0.2) is 5.79 Å². The summed E-state index contributed by atoms with van der Waals surface area (Å²) >= 11 is 0. The second kappa shape index (κ2) is 8.27. The van der Waals surface area contributed by atoms with Crippen molar-refractivity contribution in [3.05, 3.63) is 23.8 Å². The Bertz CT molecular complexity index is 793. The molecule has 5 aliphatic rings. The van der Waals surface area contributed by atoms with Crippen LogP contribution in [0, 0.1) is 40.4 Å². The van der Waals surface area contributed by atoms with Crippen LogP contribution in [0.1, 0.15) is 79.1 Å². The first-order chi connectivity index (χ1) is 15.3. The van der Waals surface area contributed by atoms with Gasteiger partial charge in [-0.1, -0.05) is 38.5 Å². The molecule has 0 bridgehead atoms. The van der Waals surface area contributed by atoms with Crippen molar-refractivity contribution in [3.8, 4) is 0 Å². The maximum Gasteiger partial charge on any atom is 0.330 e. The molecule has 1 spiro atoms. The molecule has 4 aliphatic carbocycles. The largest absolute Gasteiger partial charge is 0.463 e. The van der Waals surface area contributed by atoms with Crippen molar-refractivity contribution in [2.45, 2.75) is 84.8 Å². The molecule has 32 heavy (non-hydrogen) atoms. The molecular formula is C28H42O4. The van der Waals surface area contributed by atoms with E-state index in [9.17, 15) is 4.79 Å². The minimum absolute atomic E-state index is 0.203. The predicted octanol–water partition coefficient (Wildman–Crippen LogP) is 6.06. The fraction of sp³-hybridized carbons (Fsp3) is 0.821. The highest BCUT2D eigenvalue weighted by atomic mass is 16.7. The van der Waals surface area contributed by atoms with Crippen LogP contribution in [0.4, 0.5) is 0 Å². The molecule has 4 nitrogen and oxygen atoms in total. The number of carbonyl (C=O) groups is 1. The molecule has 7 atom stereocenters. The third kappa shape index (κ3) is 3.52. The van der Waals surface area contributed by atoms with Crippen molar-refractivity contribution >= 4 is 5.97 Å². The van der Waals surface area contributed by atoms with Gasteiger partial charge in [0.1, 0.15) is 0 Å². The molecule has 0 N–H and O–H groups in total. The van der Waals surface area contributed by atoms with E-state index in [1.807, 2.05) is 6.92 Å². The summed E-state index contributed by atoms with van der Waals surface area (Å²) in [5, 5.41) is 0. The fourth-order valence-corrected chi connectivity index (χ4v) is 8.81. The van der Waals surface area contributed by atoms with Crippen molar-refractivity contribution in [2.24, 2.45) is 40.4 Å². The Morgan fingerprint density at radius 3 is 2.69 bits per heavy atom. The molecule has 3 saturated carbocycles. The van der Waals surface area contributed by atoms with Crippen LogP contribution in [0.5, 0.6) is 0 Å². The van der Waals surface area contributed by atoms with Gasteiger partial charge in [-0.25, -0.2) is 4.79 Å². The fourth-order valence-electron chi connectivity index (χ4n) is 8.81. The van der Waals surface area contributed by atoms with Crippen LogP contribution in [0.15, 0.2) is 23.8 Å². The van der Waals surface area contributed by atoms with Crippen molar-refractivity contribution in [2.75, 3.05) is 19.8 Å². The van der Waals surface area contributed by atoms with E-state index >= 15 is 0 Å². The Kier molecular flexibility index (Phi) is 5.85. The minimum Gasteiger partial charge on any atom is -0.463 e. The maximum atomic E-state index is 11.8. The first kappa shape index (κ1) is 22.7. The third-order valence-corrected chi connectivity index (χ3v) is 10.5. The Morgan fingerprint density at radius 1 is 1.16 bits per heavy atom. The molecule has 0 aromatic heterocycles. The summed E-state index contributed by atoms with van der Waals surface area (Å²) in [5.41, 5.74) is 2.32. The third-order valence-electron chi connectivity index (χ3n) is 10.5. The van der Waals surface area contributed by atoms with Gasteiger partial charge < -0.3 is 14.2 Å². The lowest BCUT2D eigenvalue weighted by atomic mass is 9.46. The standard InChI is InChI=1S/C28H42O4/c1-5-30-25(29)11-6-19(2)22-9-10-23-21-8-7-20-18-28(31-16-17-32-28)15-14-26(20,3)24(21)12-13-27(22,23)4/h6-7,11,19,21-24H,5,8-10,12-18H2,1-4H3/b11-6+/t19-,21?,22?,23?,24?,26?,27?/m1/s1. The molecule has 5 rings (SSSR count). The van der Waals surface area contributed by atoms with Crippen LogP contribution in [0.2, 0.25) is 0 Å². The zero-order valence-corrected chi connectivity index (χ0v) is 20.5. The highest BCUT2D eigenvalue weighted by Crippen LogP contribution is 2.68. The lowest BCUT2D eigenvalue weighted by molar-refractivity contribution is -0.185. The average molecular weight is 443 g/mol. The van der Waals surface area contributed by atoms with Crippen molar-refractivity contribution in [3.63, 3.8) is 0 Å². The van der Waals surface area contributed by atoms with E-state index in [-0.39, 0.29) is 11.8 Å². The number of rotatable bonds is 4. The smallest absolute Gasteiger partial charge is 0.330 e. The van der Waals surface area contributed by atoms with Gasteiger partial charge in [0, 0.05) is 18.9 Å². The first-order valence-corrected chi connectivity index (χ1v) is 13.1. The minimum atomic E-state index is -0.319. The summed E-state index contributed by atoms with van der Waals surface area (Å²) in [6.45, 7) is 11.2. The van der Waals surface area contributed by atoms with Gasteiger partial charge in [-0.2, -0.15) is 0 Å². The van der Waals surface area contributed by atoms with E-state index in [0.29, 0.717) is 29.3 Å². The molecule has 1 heterocycles. The monoisotopic (exact) mass is 442 g/mol. The summed E-state index contributed by atoms with van der Waals surface area (Å²) in [6, 6.07) is 0. The van der Waals surface area contributed by atoms with Crippen LogP contribution >= 0.6 is 0 Å². The summed E-state index contributed by atoms with van der Waals surface area (Å²) in [4.78, 5) is 11.8. The quantitative estimate of drug-likeness (QED) is 0.301. The number of hydrogen-bond acceptors (Lipinski definition) is 4. The lowest BCUT2D eigenvalue weighted by Crippen LogP contribution is -2.52. The second-order valence-corrected chi connectivity index (χ2v) is 11.7. The summed E-state index contributed by atoms with van der Waals surface area (Å²) < 4.78 is 17.3. The van der Waals surface area contributed by atoms with E-state index in [4.69, 9.17) is 14.2 Å². The molecular weight excluding hydrogens is 400 g/mol. The molecule has 0 aromatic rings. The van der Waals surface area contributed by atoms with Crippen LogP contribution < -0.4 is 0 Å². The number of allylic oxidation sites excluding steroid dienone is 2. The summed E-state index contributed by atoms with van der Waals surface area (Å²) in [5.74, 6) is 2.95. The molecule has 178 valence electrons. The van der Waals surface area contributed by atoms with Crippen molar-refractivity contribution in [1.29, 1.82) is 0 Å². The zero-order chi connectivity index (χ0) is 22.6. The number of carbonyl (C=O) groups excluding carboxylic acids is 1. The van der Waals surface area contributed by atoms with E-state index < -0.39 is 0 Å². The number of fused-ring (bicyclic) bond motifs is 5. The van der Waals surface area contributed by atoms with Gasteiger partial charge in [-0.05, 0) is 85.9 Å². The Balaban J connectivity index is 1.33. The van der Waals surface area contributed by atoms with Crippen molar-refractivity contribution < 1.29 is 19.0 Å². The SMILES string of the molecule is CCOC(=O)/C=C/[C@@H](C)C1CCC2C3CC=C4CC5(CCC4(C)C3CCC21C)OCCO5. The first-order valence-electron chi connectivity index (χ1n) is 13.1. The maximum absolute atomic E-state index is 11.8. The predicted molar refractivity (Wildman–Crippen MR) is 125 cm³/mol. The van der Waals surface area contributed by atoms with Crippen molar-refractivity contribution in [1.82, 2.24) is 0 Å². The van der Waals surface area contributed by atoms with Crippen LogP contribution in [0.25, 0.3) is 0 Å². The zero-order valence-electron chi connectivity index (χ0n) is 20.5. The summed E-state index contributed by atoms with van der Waals surface area (Å²) in [7, 11) is 0. The van der Waals surface area contributed by atoms with Crippen LogP contribution in [0.3, 0.4) is 0 Å². The topological polar surface area (TPSA) is 44.8 Å². The van der Waals surface area contributed by atoms with E-state index in [0.717, 1.165) is 43.8 Å².